The van der Waals surface area contributed by atoms with Crippen LogP contribution in [-0.4, -0.2) is 53.6 Å². The van der Waals surface area contributed by atoms with Gasteiger partial charge in [0.1, 0.15) is 6.10 Å². The first-order valence-electron chi connectivity index (χ1n) is 9.23. The van der Waals surface area contributed by atoms with Gasteiger partial charge in [0.2, 0.25) is 0 Å². The average Bonchev–Trinajstić information content (AvgIpc) is 2.81. The van der Waals surface area contributed by atoms with E-state index in [1.165, 1.54) is 5.56 Å². The van der Waals surface area contributed by atoms with E-state index in [-0.39, 0.29) is 17.6 Å². The molecule has 5 nitrogen and oxygen atoms in total. The monoisotopic (exact) mass is 341 g/mol. The van der Waals surface area contributed by atoms with Crippen LogP contribution in [0.3, 0.4) is 0 Å². The van der Waals surface area contributed by atoms with E-state index < -0.39 is 0 Å². The number of nitriles is 1. The zero-order chi connectivity index (χ0) is 17.9. The van der Waals surface area contributed by atoms with Crippen molar-refractivity contribution in [2.24, 2.45) is 0 Å². The van der Waals surface area contributed by atoms with Crippen LogP contribution in [0.1, 0.15) is 44.2 Å². The van der Waals surface area contributed by atoms with E-state index in [0.717, 1.165) is 52.0 Å². The number of carbonyl (C=O) groups excluding carboxylic acids is 1. The van der Waals surface area contributed by atoms with Crippen molar-refractivity contribution in [2.45, 2.75) is 51.4 Å². The number of rotatable bonds is 3. The highest BCUT2D eigenvalue weighted by atomic mass is 16.5. The quantitative estimate of drug-likeness (QED) is 0.848. The summed E-state index contributed by atoms with van der Waals surface area (Å²) in [5.41, 5.74) is 1.74. The topological polar surface area (TPSA) is 56.6 Å². The van der Waals surface area contributed by atoms with E-state index in [2.05, 4.69) is 11.0 Å². The van der Waals surface area contributed by atoms with Crippen LogP contribution in [0.25, 0.3) is 0 Å². The smallest absolute Gasteiger partial charge is 0.251 e. The molecule has 5 heteroatoms. The van der Waals surface area contributed by atoms with Gasteiger partial charge in [-0.1, -0.05) is 12.1 Å². The standard InChI is InChI=1S/C20H27N3O2/c1-3-23-15-20(25-16(2)19(23)24)9-4-11-22(12-10-20)14-18-7-5-17(13-21)6-8-18/h5-8,16H,3-4,9-12,14-15H2,1-2H3/t16-,20+/m0/s1. The molecule has 134 valence electrons. The molecule has 0 N–H and O–H groups in total. The Labute approximate surface area is 150 Å². The summed E-state index contributed by atoms with van der Waals surface area (Å²) in [4.78, 5) is 16.6. The van der Waals surface area contributed by atoms with Crippen molar-refractivity contribution in [3.63, 3.8) is 0 Å². The molecule has 25 heavy (non-hydrogen) atoms. The maximum Gasteiger partial charge on any atom is 0.251 e. The van der Waals surface area contributed by atoms with Gasteiger partial charge in [0.05, 0.1) is 17.2 Å². The number of likely N-dealkylation sites (tertiary alicyclic amines) is 1. The van der Waals surface area contributed by atoms with Crippen molar-refractivity contribution in [1.82, 2.24) is 9.80 Å². The zero-order valence-corrected chi connectivity index (χ0v) is 15.2. The Kier molecular flexibility index (Phi) is 5.41. The molecule has 1 amide bonds. The Morgan fingerprint density at radius 1 is 1.28 bits per heavy atom. The zero-order valence-electron chi connectivity index (χ0n) is 15.2. The minimum atomic E-state index is -0.334. The Morgan fingerprint density at radius 2 is 2.04 bits per heavy atom. The fraction of sp³-hybridized carbons (Fsp3) is 0.600. The molecular weight excluding hydrogens is 314 g/mol. The second kappa shape index (κ2) is 7.55. The molecule has 0 radical (unpaired) electrons. The molecule has 2 heterocycles. The van der Waals surface area contributed by atoms with E-state index in [4.69, 9.17) is 10.00 Å². The number of carbonyl (C=O) groups is 1. The lowest BCUT2D eigenvalue weighted by atomic mass is 9.91. The Balaban J connectivity index is 1.63. The van der Waals surface area contributed by atoms with E-state index in [0.29, 0.717) is 5.56 Å². The van der Waals surface area contributed by atoms with Crippen LogP contribution in [0.5, 0.6) is 0 Å². The summed E-state index contributed by atoms with van der Waals surface area (Å²) in [5.74, 6) is 0.117. The van der Waals surface area contributed by atoms with Gasteiger partial charge in [0.25, 0.3) is 5.91 Å². The van der Waals surface area contributed by atoms with Crippen molar-refractivity contribution in [2.75, 3.05) is 26.2 Å². The minimum absolute atomic E-state index is 0.117. The van der Waals surface area contributed by atoms with Crippen molar-refractivity contribution in [1.29, 1.82) is 5.26 Å². The van der Waals surface area contributed by atoms with E-state index in [1.54, 1.807) is 0 Å². The van der Waals surface area contributed by atoms with Gasteiger partial charge in [-0.3, -0.25) is 9.69 Å². The van der Waals surface area contributed by atoms with Crippen molar-refractivity contribution < 1.29 is 9.53 Å². The maximum atomic E-state index is 12.2. The molecule has 2 saturated heterocycles. The molecule has 2 fully saturated rings. The highest BCUT2D eigenvalue weighted by Crippen LogP contribution is 2.33. The van der Waals surface area contributed by atoms with Crippen molar-refractivity contribution in [3.8, 4) is 6.07 Å². The van der Waals surface area contributed by atoms with E-state index in [1.807, 2.05) is 43.0 Å². The molecule has 0 aromatic heterocycles. The lowest BCUT2D eigenvalue weighted by Crippen LogP contribution is -2.58. The molecule has 0 bridgehead atoms. The highest BCUT2D eigenvalue weighted by molar-refractivity contribution is 5.81. The third-order valence-corrected chi connectivity index (χ3v) is 5.43. The predicted molar refractivity (Wildman–Crippen MR) is 95.8 cm³/mol. The second-order valence-corrected chi connectivity index (χ2v) is 7.23. The largest absolute Gasteiger partial charge is 0.360 e. The first kappa shape index (κ1) is 17.9. The first-order valence-corrected chi connectivity index (χ1v) is 9.23. The third kappa shape index (κ3) is 4.02. The SMILES string of the molecule is CCN1C[C@]2(CCCN(Cc3ccc(C#N)cc3)CC2)O[C@@H](C)C1=O. The Morgan fingerprint density at radius 3 is 2.72 bits per heavy atom. The van der Waals surface area contributed by atoms with Gasteiger partial charge in [0, 0.05) is 26.2 Å². The van der Waals surface area contributed by atoms with E-state index in [9.17, 15) is 4.79 Å². The van der Waals surface area contributed by atoms with Gasteiger partial charge in [-0.15, -0.1) is 0 Å². The van der Waals surface area contributed by atoms with Crippen LogP contribution in [0.4, 0.5) is 0 Å². The molecule has 0 aliphatic carbocycles. The fourth-order valence-electron chi connectivity index (χ4n) is 4.01. The number of benzene rings is 1. The van der Waals surface area contributed by atoms with Crippen LogP contribution < -0.4 is 0 Å². The maximum absolute atomic E-state index is 12.2. The minimum Gasteiger partial charge on any atom is -0.360 e. The van der Waals surface area contributed by atoms with Gasteiger partial charge in [-0.2, -0.15) is 5.26 Å². The van der Waals surface area contributed by atoms with Crippen LogP contribution in [-0.2, 0) is 16.1 Å². The molecule has 2 aliphatic heterocycles. The first-order chi connectivity index (χ1) is 12.0. The number of amides is 1. The summed E-state index contributed by atoms with van der Waals surface area (Å²) >= 11 is 0. The van der Waals surface area contributed by atoms with Gasteiger partial charge in [0.15, 0.2) is 0 Å². The molecule has 3 rings (SSSR count). The van der Waals surface area contributed by atoms with Gasteiger partial charge in [-0.05, 0) is 57.4 Å². The van der Waals surface area contributed by atoms with Gasteiger partial charge >= 0.3 is 0 Å². The number of morpholine rings is 1. The predicted octanol–water partition coefficient (Wildman–Crippen LogP) is 2.55. The summed E-state index contributed by atoms with van der Waals surface area (Å²) in [6, 6.07) is 10.00. The van der Waals surface area contributed by atoms with Gasteiger partial charge < -0.3 is 9.64 Å². The fourth-order valence-corrected chi connectivity index (χ4v) is 4.01. The average molecular weight is 341 g/mol. The summed E-state index contributed by atoms with van der Waals surface area (Å²) in [6.45, 7) is 8.30. The number of hydrogen-bond acceptors (Lipinski definition) is 4. The molecule has 0 unspecified atom stereocenters. The molecular formula is C20H27N3O2. The molecule has 1 aromatic carbocycles. The molecule has 1 aromatic rings. The third-order valence-electron chi connectivity index (χ3n) is 5.43. The van der Waals surface area contributed by atoms with Crippen molar-refractivity contribution in [3.05, 3.63) is 35.4 Å². The van der Waals surface area contributed by atoms with Crippen molar-refractivity contribution >= 4 is 5.91 Å². The van der Waals surface area contributed by atoms with Gasteiger partial charge in [-0.25, -0.2) is 0 Å². The van der Waals surface area contributed by atoms with Crippen LogP contribution in [0.2, 0.25) is 0 Å². The summed E-state index contributed by atoms with van der Waals surface area (Å²) < 4.78 is 6.21. The molecule has 0 saturated carbocycles. The Bertz CT molecular complexity index is 652. The van der Waals surface area contributed by atoms with Crippen LogP contribution in [0, 0.1) is 11.3 Å². The molecule has 2 aliphatic rings. The van der Waals surface area contributed by atoms with E-state index >= 15 is 0 Å². The highest BCUT2D eigenvalue weighted by Gasteiger charge is 2.43. The number of ether oxygens (including phenoxy) is 1. The number of hydrogen-bond donors (Lipinski definition) is 0. The number of likely N-dealkylation sites (N-methyl/N-ethyl adjacent to an activating group) is 1. The summed E-state index contributed by atoms with van der Waals surface area (Å²) in [7, 11) is 0. The molecule has 2 atom stereocenters. The van der Waals surface area contributed by atoms with Crippen LogP contribution >= 0.6 is 0 Å². The number of nitrogens with zero attached hydrogens (tertiary/aromatic N) is 3. The normalized spacial score (nSPS) is 28.0. The molecule has 1 spiro atoms. The van der Waals surface area contributed by atoms with Crippen LogP contribution in [0.15, 0.2) is 24.3 Å². The lowest BCUT2D eigenvalue weighted by Gasteiger charge is -2.44. The Hall–Kier alpha value is -1.90. The summed E-state index contributed by atoms with van der Waals surface area (Å²) in [6.07, 6.45) is 2.70. The summed E-state index contributed by atoms with van der Waals surface area (Å²) in [5, 5.41) is 8.91. The second-order valence-electron chi connectivity index (χ2n) is 7.23. The lowest BCUT2D eigenvalue weighted by molar-refractivity contribution is -0.182.